The van der Waals surface area contributed by atoms with Gasteiger partial charge >= 0.3 is 89.3 Å². The van der Waals surface area contributed by atoms with Gasteiger partial charge in [0.15, 0.2) is 0 Å². The van der Waals surface area contributed by atoms with Crippen molar-refractivity contribution in [3.8, 4) is 0 Å². The topological polar surface area (TPSA) is 0 Å². The summed E-state index contributed by atoms with van der Waals surface area (Å²) < 4.78 is 0. The number of hydrogen-bond acceptors (Lipinski definition) is 0. The van der Waals surface area contributed by atoms with Crippen LogP contribution in [0.5, 0.6) is 0 Å². The fourth-order valence-electron chi connectivity index (χ4n) is 0. The van der Waals surface area contributed by atoms with E-state index < -0.39 is 0 Å². The third-order valence-electron chi connectivity index (χ3n) is 0. The zero-order valence-corrected chi connectivity index (χ0v) is 19.0. The molecule has 0 nitrogen and oxygen atoms in total. The molecule has 0 saturated carbocycles. The molecule has 46 valence electrons. The Labute approximate surface area is 154 Å². The van der Waals surface area contributed by atoms with Crippen molar-refractivity contribution >= 4 is 67.5 Å². The predicted molar refractivity (Wildman–Crippen MR) is 36.8 cm³/mol. The van der Waals surface area contributed by atoms with Gasteiger partial charge in [-0.3, -0.25) is 0 Å². The van der Waals surface area contributed by atoms with Crippen molar-refractivity contribution < 1.29 is 89.3 Å². The molecule has 0 spiro atoms. The average molecular weight is 489 g/mol. The van der Waals surface area contributed by atoms with E-state index in [2.05, 4.69) is 0 Å². The minimum atomic E-state index is 0. The van der Waals surface area contributed by atoms with E-state index in [0.29, 0.717) is 0 Å². The molecule has 0 N–H and O–H groups in total. The van der Waals surface area contributed by atoms with E-state index in [0.717, 1.165) is 0 Å². The molecule has 0 aliphatic rings. The molecular formula is Cd2Cr2S5. The van der Waals surface area contributed by atoms with Crippen LogP contribution < -0.4 is 0 Å². The Balaban J connectivity index is 0. The van der Waals surface area contributed by atoms with E-state index >= 15 is 0 Å². The van der Waals surface area contributed by atoms with Crippen LogP contribution >= 0.6 is 0 Å². The van der Waals surface area contributed by atoms with Gasteiger partial charge in [-0.2, -0.15) is 0 Å². The van der Waals surface area contributed by atoms with Crippen molar-refractivity contribution in [1.82, 2.24) is 0 Å². The summed E-state index contributed by atoms with van der Waals surface area (Å²) in [6, 6.07) is 0. The van der Waals surface area contributed by atoms with Gasteiger partial charge in [-0.1, -0.05) is 0 Å². The summed E-state index contributed by atoms with van der Waals surface area (Å²) in [4.78, 5) is 0. The molecule has 0 rings (SSSR count). The minimum absolute atomic E-state index is 0. The Bertz CT molecular complexity index is 12.9. The van der Waals surface area contributed by atoms with Crippen LogP contribution in [-0.2, 0) is 157 Å². The normalized spacial score (nSPS) is 0. The van der Waals surface area contributed by atoms with E-state index in [1.54, 1.807) is 0 Å². The van der Waals surface area contributed by atoms with E-state index in [4.69, 9.17) is 0 Å². The molecule has 9 heteroatoms. The first kappa shape index (κ1) is 101. The first-order valence-corrected chi connectivity index (χ1v) is 0. The van der Waals surface area contributed by atoms with Crippen LogP contribution in [0.25, 0.3) is 0 Å². The molecular weight excluding hydrogens is 489 g/mol. The quantitative estimate of drug-likeness (QED) is 0.420. The second-order valence-electron chi connectivity index (χ2n) is 0. The summed E-state index contributed by atoms with van der Waals surface area (Å²) in [5, 5.41) is 0. The summed E-state index contributed by atoms with van der Waals surface area (Å²) >= 11 is 0. The van der Waals surface area contributed by atoms with Gasteiger partial charge in [-0.25, -0.2) is 0 Å². The van der Waals surface area contributed by atoms with Crippen LogP contribution in [0.15, 0.2) is 0 Å². The average Bonchev–Trinajstić information content (AvgIpc) is 0. The smallest absolute Gasteiger partial charge is 2.00 e. The molecule has 0 amide bonds. The molecule has 0 fully saturated rings. The Hall–Kier alpha value is 4.66. The summed E-state index contributed by atoms with van der Waals surface area (Å²) in [7, 11) is 0. The van der Waals surface area contributed by atoms with Gasteiger partial charge in [-0.05, 0) is 0 Å². The van der Waals surface area contributed by atoms with Gasteiger partial charge in [-0.15, -0.1) is 0 Å². The van der Waals surface area contributed by atoms with Crippen LogP contribution in [0.1, 0.15) is 0 Å². The SMILES string of the molecule is [Cd+2].[Cd+2].[Cr+3].[Cr+3].[S-2].[S-2].[S-2].[S-2].[S-2]. The maximum Gasteiger partial charge on any atom is 3.00 e. The van der Waals surface area contributed by atoms with E-state index in [9.17, 15) is 0 Å². The summed E-state index contributed by atoms with van der Waals surface area (Å²) in [5.74, 6) is 0. The van der Waals surface area contributed by atoms with Crippen molar-refractivity contribution in [2.75, 3.05) is 0 Å². The largest absolute Gasteiger partial charge is 3.00 e. The Kier molecular flexibility index (Phi) is 888. The first-order valence-electron chi connectivity index (χ1n) is 0. The number of hydrogen-bond donors (Lipinski definition) is 0. The van der Waals surface area contributed by atoms with Crippen LogP contribution in [0, 0.1) is 0 Å². The molecule has 0 aliphatic carbocycles. The number of rotatable bonds is 0. The molecule has 0 atom stereocenters. The van der Waals surface area contributed by atoms with Crippen LogP contribution in [-0.4, -0.2) is 0 Å². The standard InChI is InChI=1S/2Cd.2Cr.5S/q2*+2;2*+3;5*-2. The molecule has 0 bridgehead atoms. The molecule has 0 saturated heterocycles. The van der Waals surface area contributed by atoms with Crippen molar-refractivity contribution in [2.24, 2.45) is 0 Å². The predicted octanol–water partition coefficient (Wildman–Crippen LogP) is -0.0220. The zero-order chi connectivity index (χ0) is 0. The molecule has 0 heterocycles. The molecule has 9 heavy (non-hydrogen) atoms. The Morgan fingerprint density at radius 3 is 0.333 bits per heavy atom. The second kappa shape index (κ2) is 79.3. The van der Waals surface area contributed by atoms with Crippen molar-refractivity contribution in [1.29, 1.82) is 0 Å². The minimum Gasteiger partial charge on any atom is -2.00 e. The Morgan fingerprint density at radius 2 is 0.333 bits per heavy atom. The van der Waals surface area contributed by atoms with Gasteiger partial charge in [0, 0.05) is 0 Å². The zero-order valence-electron chi connectivity index (χ0n) is 4.27. The van der Waals surface area contributed by atoms with E-state index in [1.807, 2.05) is 0 Å². The van der Waals surface area contributed by atoms with E-state index in [1.165, 1.54) is 0 Å². The van der Waals surface area contributed by atoms with Gasteiger partial charge in [0.05, 0.1) is 0 Å². The van der Waals surface area contributed by atoms with Crippen molar-refractivity contribution in [3.05, 3.63) is 0 Å². The third kappa shape index (κ3) is 66.3. The Morgan fingerprint density at radius 1 is 0.333 bits per heavy atom. The maximum absolute atomic E-state index is 0. The fraction of sp³-hybridized carbons (Fsp3) is 0. The van der Waals surface area contributed by atoms with Crippen LogP contribution in [0.3, 0.4) is 0 Å². The molecule has 0 unspecified atom stereocenters. The van der Waals surface area contributed by atoms with Crippen LogP contribution in [0.2, 0.25) is 0 Å². The summed E-state index contributed by atoms with van der Waals surface area (Å²) in [6.07, 6.45) is 0. The molecule has 0 aromatic heterocycles. The summed E-state index contributed by atoms with van der Waals surface area (Å²) in [6.45, 7) is 0. The first-order chi connectivity index (χ1) is 0. The van der Waals surface area contributed by atoms with Gasteiger partial charge in [0.1, 0.15) is 0 Å². The van der Waals surface area contributed by atoms with Crippen molar-refractivity contribution in [3.63, 3.8) is 0 Å². The third-order valence-corrected chi connectivity index (χ3v) is 0. The monoisotopic (exact) mass is 492 g/mol. The molecule has 2 radical (unpaired) electrons. The van der Waals surface area contributed by atoms with Crippen LogP contribution in [0.4, 0.5) is 0 Å². The summed E-state index contributed by atoms with van der Waals surface area (Å²) in [5.41, 5.74) is 0. The van der Waals surface area contributed by atoms with Gasteiger partial charge < -0.3 is 67.5 Å². The molecule has 0 aromatic rings. The van der Waals surface area contributed by atoms with Gasteiger partial charge in [0.25, 0.3) is 0 Å². The fourth-order valence-corrected chi connectivity index (χ4v) is 0. The molecule has 0 aliphatic heterocycles. The maximum atomic E-state index is 0. The van der Waals surface area contributed by atoms with Gasteiger partial charge in [0.2, 0.25) is 0 Å². The molecule has 0 aromatic carbocycles. The second-order valence-corrected chi connectivity index (χ2v) is 0. The van der Waals surface area contributed by atoms with E-state index in [-0.39, 0.29) is 157 Å². The van der Waals surface area contributed by atoms with Crippen molar-refractivity contribution in [2.45, 2.75) is 0 Å².